The second kappa shape index (κ2) is 7.59. The molecule has 0 radical (unpaired) electrons. The van der Waals surface area contributed by atoms with Gasteiger partial charge in [0.05, 0.1) is 29.7 Å². The first-order chi connectivity index (χ1) is 14.2. The maximum atomic E-state index is 5.86. The third kappa shape index (κ3) is 3.21. The number of pyridine rings is 2. The molecule has 1 saturated heterocycles. The van der Waals surface area contributed by atoms with Crippen LogP contribution in [0, 0.1) is 6.92 Å². The van der Waals surface area contributed by atoms with Gasteiger partial charge in [0.15, 0.2) is 5.11 Å². The van der Waals surface area contributed by atoms with Crippen molar-refractivity contribution in [2.45, 2.75) is 50.7 Å². The van der Waals surface area contributed by atoms with Gasteiger partial charge in [-0.1, -0.05) is 18.9 Å². The van der Waals surface area contributed by atoms with Crippen LogP contribution in [0.2, 0.25) is 0 Å². The van der Waals surface area contributed by atoms with E-state index in [9.17, 15) is 0 Å². The smallest absolute Gasteiger partial charge is 0.170 e. The van der Waals surface area contributed by atoms with Crippen LogP contribution in [0.3, 0.4) is 0 Å². The summed E-state index contributed by atoms with van der Waals surface area (Å²) >= 11 is 5.86. The molecule has 0 unspecified atom stereocenters. The molecule has 5 nitrogen and oxygen atoms in total. The quantitative estimate of drug-likeness (QED) is 0.650. The van der Waals surface area contributed by atoms with Crippen LogP contribution >= 0.6 is 12.2 Å². The van der Waals surface area contributed by atoms with Gasteiger partial charge in [-0.15, -0.1) is 0 Å². The summed E-state index contributed by atoms with van der Waals surface area (Å²) in [5.41, 5.74) is 4.52. The molecule has 1 saturated carbocycles. The van der Waals surface area contributed by atoms with E-state index in [0.717, 1.165) is 16.5 Å². The minimum absolute atomic E-state index is 0.0222. The van der Waals surface area contributed by atoms with E-state index < -0.39 is 0 Å². The lowest BCUT2D eigenvalue weighted by atomic mass is 9.99. The highest BCUT2D eigenvalue weighted by Gasteiger charge is 2.45. The largest absolute Gasteiger partial charge is 0.352 e. The fourth-order valence-electron chi connectivity index (χ4n) is 4.89. The fraction of sp³-hybridized carbons (Fsp3) is 0.348. The predicted octanol–water partition coefficient (Wildman–Crippen LogP) is 4.49. The zero-order valence-electron chi connectivity index (χ0n) is 16.5. The first kappa shape index (κ1) is 18.3. The molecular weight excluding hydrogens is 378 g/mol. The standard InChI is InChI=1S/C23H25N5S/c1-16-11-12-20(27(16)18-9-6-13-24-15-18)22-21(19-10-4-5-14-25-19)26-23(29)28(22)17-7-2-3-8-17/h4-6,9-15,17,21-22H,2-3,7-8H2,1H3,(H,26,29)/t21-,22+/m0/s1. The summed E-state index contributed by atoms with van der Waals surface area (Å²) < 4.78 is 2.31. The number of aryl methyl sites for hydroxylation is 1. The molecule has 0 amide bonds. The van der Waals surface area contributed by atoms with Crippen LogP contribution in [0.5, 0.6) is 0 Å². The average molecular weight is 404 g/mol. The normalized spacial score (nSPS) is 22.2. The van der Waals surface area contributed by atoms with Crippen LogP contribution in [0.25, 0.3) is 5.69 Å². The summed E-state index contributed by atoms with van der Waals surface area (Å²) in [5.74, 6) is 0. The van der Waals surface area contributed by atoms with Crippen molar-refractivity contribution < 1.29 is 0 Å². The minimum Gasteiger partial charge on any atom is -0.352 e. The van der Waals surface area contributed by atoms with Crippen molar-refractivity contribution in [3.8, 4) is 5.69 Å². The SMILES string of the molecule is Cc1ccc([C@@H]2[C@H](c3ccccn3)NC(=S)N2C2CCCC2)n1-c1cccnc1. The van der Waals surface area contributed by atoms with E-state index in [1.165, 1.54) is 37.1 Å². The molecule has 1 aliphatic carbocycles. The Balaban J connectivity index is 1.65. The van der Waals surface area contributed by atoms with Crippen LogP contribution in [-0.2, 0) is 0 Å². The highest BCUT2D eigenvalue weighted by atomic mass is 32.1. The lowest BCUT2D eigenvalue weighted by Crippen LogP contribution is -2.38. The van der Waals surface area contributed by atoms with E-state index in [4.69, 9.17) is 12.2 Å². The molecule has 3 aromatic rings. The average Bonchev–Trinajstić information content (AvgIpc) is 3.48. The van der Waals surface area contributed by atoms with Crippen molar-refractivity contribution in [2.24, 2.45) is 0 Å². The van der Waals surface area contributed by atoms with Crippen molar-refractivity contribution in [3.05, 3.63) is 78.1 Å². The highest BCUT2D eigenvalue weighted by Crippen LogP contribution is 2.43. The van der Waals surface area contributed by atoms with Gasteiger partial charge in [-0.2, -0.15) is 0 Å². The van der Waals surface area contributed by atoms with Gasteiger partial charge in [0.1, 0.15) is 0 Å². The summed E-state index contributed by atoms with van der Waals surface area (Å²) in [6.07, 6.45) is 10.5. The van der Waals surface area contributed by atoms with Crippen molar-refractivity contribution in [1.29, 1.82) is 0 Å². The second-order valence-corrected chi connectivity index (χ2v) is 8.31. The van der Waals surface area contributed by atoms with E-state index in [-0.39, 0.29) is 12.1 Å². The van der Waals surface area contributed by atoms with Crippen molar-refractivity contribution in [2.75, 3.05) is 0 Å². The predicted molar refractivity (Wildman–Crippen MR) is 118 cm³/mol. The fourth-order valence-corrected chi connectivity index (χ4v) is 5.28. The lowest BCUT2D eigenvalue weighted by molar-refractivity contribution is 0.239. The third-order valence-corrected chi connectivity index (χ3v) is 6.50. The molecule has 2 aliphatic rings. The van der Waals surface area contributed by atoms with E-state index >= 15 is 0 Å². The summed E-state index contributed by atoms with van der Waals surface area (Å²) in [4.78, 5) is 11.5. The van der Waals surface area contributed by atoms with Crippen LogP contribution in [0.4, 0.5) is 0 Å². The molecule has 0 bridgehead atoms. The summed E-state index contributed by atoms with van der Waals surface area (Å²) in [6, 6.07) is 15.2. The molecule has 5 rings (SSSR count). The third-order valence-electron chi connectivity index (χ3n) is 6.17. The van der Waals surface area contributed by atoms with Crippen molar-refractivity contribution >= 4 is 17.3 Å². The summed E-state index contributed by atoms with van der Waals surface area (Å²) in [5, 5.41) is 4.44. The first-order valence-electron chi connectivity index (χ1n) is 10.3. The van der Waals surface area contributed by atoms with Gasteiger partial charge in [-0.25, -0.2) is 0 Å². The van der Waals surface area contributed by atoms with Gasteiger partial charge in [-0.3, -0.25) is 9.97 Å². The topological polar surface area (TPSA) is 46.0 Å². The van der Waals surface area contributed by atoms with Crippen molar-refractivity contribution in [1.82, 2.24) is 24.8 Å². The molecule has 2 atom stereocenters. The second-order valence-electron chi connectivity index (χ2n) is 7.92. The molecule has 4 heterocycles. The molecule has 0 aromatic carbocycles. The van der Waals surface area contributed by atoms with E-state index in [1.54, 1.807) is 0 Å². The zero-order chi connectivity index (χ0) is 19.8. The Kier molecular flexibility index (Phi) is 4.79. The van der Waals surface area contributed by atoms with Crippen LogP contribution in [-0.4, -0.2) is 30.6 Å². The Morgan fingerprint density at radius 2 is 1.90 bits per heavy atom. The highest BCUT2D eigenvalue weighted by molar-refractivity contribution is 7.80. The van der Waals surface area contributed by atoms with Gasteiger partial charge < -0.3 is 14.8 Å². The number of hydrogen-bond acceptors (Lipinski definition) is 3. The molecule has 1 N–H and O–H groups in total. The summed E-state index contributed by atoms with van der Waals surface area (Å²) in [7, 11) is 0. The number of nitrogens with one attached hydrogen (secondary N) is 1. The Morgan fingerprint density at radius 3 is 2.62 bits per heavy atom. The summed E-state index contributed by atoms with van der Waals surface area (Å²) in [6.45, 7) is 2.15. The number of nitrogens with zero attached hydrogens (tertiary/aromatic N) is 4. The molecule has 3 aromatic heterocycles. The molecule has 29 heavy (non-hydrogen) atoms. The van der Waals surface area contributed by atoms with Gasteiger partial charge >= 0.3 is 0 Å². The number of rotatable bonds is 4. The van der Waals surface area contributed by atoms with Gasteiger partial charge in [-0.05, 0) is 68.4 Å². The van der Waals surface area contributed by atoms with E-state index in [2.05, 4.69) is 55.9 Å². The monoisotopic (exact) mass is 403 g/mol. The van der Waals surface area contributed by atoms with Crippen LogP contribution in [0.15, 0.2) is 61.1 Å². The first-order valence-corrected chi connectivity index (χ1v) is 10.7. The zero-order valence-corrected chi connectivity index (χ0v) is 17.3. The Hall–Kier alpha value is -2.73. The Labute approximate surface area is 176 Å². The molecule has 0 spiro atoms. The van der Waals surface area contributed by atoms with Gasteiger partial charge in [0.2, 0.25) is 0 Å². The van der Waals surface area contributed by atoms with Gasteiger partial charge in [0.25, 0.3) is 0 Å². The van der Waals surface area contributed by atoms with E-state index in [1.807, 2.05) is 36.8 Å². The maximum Gasteiger partial charge on any atom is 0.170 e. The number of hydrogen-bond donors (Lipinski definition) is 1. The number of aromatic nitrogens is 3. The maximum absolute atomic E-state index is 5.86. The van der Waals surface area contributed by atoms with Crippen molar-refractivity contribution in [3.63, 3.8) is 0 Å². The lowest BCUT2D eigenvalue weighted by Gasteiger charge is -2.33. The Morgan fingerprint density at radius 1 is 1.03 bits per heavy atom. The van der Waals surface area contributed by atoms with Crippen LogP contribution < -0.4 is 5.32 Å². The molecule has 2 fully saturated rings. The van der Waals surface area contributed by atoms with Gasteiger partial charge in [0, 0.05) is 29.8 Å². The molecule has 148 valence electrons. The van der Waals surface area contributed by atoms with E-state index in [0.29, 0.717) is 6.04 Å². The minimum atomic E-state index is 0.0222. The molecule has 1 aliphatic heterocycles. The molecule has 6 heteroatoms. The molecular formula is C23H25N5S. The van der Waals surface area contributed by atoms with Crippen LogP contribution in [0.1, 0.15) is 54.8 Å². The number of thiocarbonyl (C=S) groups is 1. The Bertz CT molecular complexity index is 995.